The van der Waals surface area contributed by atoms with Crippen LogP contribution in [0.2, 0.25) is 0 Å². The molecule has 1 fully saturated rings. The number of nitrogens with one attached hydrogen (secondary N) is 1. The van der Waals surface area contributed by atoms with Crippen LogP contribution >= 0.6 is 0 Å². The molecule has 0 spiro atoms. The van der Waals surface area contributed by atoms with Crippen LogP contribution < -0.4 is 10.1 Å². The smallest absolute Gasteiger partial charge is 0.405 e. The molecule has 30 heavy (non-hydrogen) atoms. The Labute approximate surface area is 175 Å². The fraction of sp³-hybridized carbons (Fsp3) is 0.208. The van der Waals surface area contributed by atoms with Crippen LogP contribution in [0.1, 0.15) is 34.6 Å². The second-order valence-corrected chi connectivity index (χ2v) is 6.97. The van der Waals surface area contributed by atoms with Gasteiger partial charge in [0.25, 0.3) is 0 Å². The van der Waals surface area contributed by atoms with Crippen molar-refractivity contribution in [2.75, 3.05) is 13.2 Å². The number of amides is 1. The van der Waals surface area contributed by atoms with E-state index in [4.69, 9.17) is 14.2 Å². The Morgan fingerprint density at radius 3 is 2.37 bits per heavy atom. The van der Waals surface area contributed by atoms with Gasteiger partial charge in [-0.2, -0.15) is 0 Å². The molecule has 0 aliphatic carbocycles. The molecule has 6 nitrogen and oxygen atoms in total. The van der Waals surface area contributed by atoms with Gasteiger partial charge in [-0.3, -0.25) is 0 Å². The number of benzene rings is 3. The summed E-state index contributed by atoms with van der Waals surface area (Å²) in [4.78, 5) is 11.3. The largest absolute Gasteiger partial charge is 0.489 e. The van der Waals surface area contributed by atoms with Gasteiger partial charge in [0, 0.05) is 5.56 Å². The highest BCUT2D eigenvalue weighted by Gasteiger charge is 2.18. The van der Waals surface area contributed by atoms with E-state index < -0.39 is 12.1 Å². The molecule has 1 aliphatic rings. The van der Waals surface area contributed by atoms with Gasteiger partial charge in [-0.15, -0.1) is 0 Å². The molecule has 4 rings (SSSR count). The van der Waals surface area contributed by atoms with E-state index in [0.717, 1.165) is 22.3 Å². The highest BCUT2D eigenvalue weighted by molar-refractivity contribution is 5.66. The molecule has 1 aliphatic heterocycles. The lowest BCUT2D eigenvalue weighted by Gasteiger charge is -2.19. The van der Waals surface area contributed by atoms with E-state index in [1.165, 1.54) is 0 Å². The molecule has 0 unspecified atom stereocenters. The number of carbonyl (C=O) groups is 1. The molecule has 1 amide bonds. The van der Waals surface area contributed by atoms with Gasteiger partial charge in [-0.25, -0.2) is 4.79 Å². The summed E-state index contributed by atoms with van der Waals surface area (Å²) < 4.78 is 17.0. The van der Waals surface area contributed by atoms with Crippen molar-refractivity contribution in [3.63, 3.8) is 0 Å². The number of ether oxygens (including phenoxy) is 3. The number of rotatable bonds is 7. The summed E-state index contributed by atoms with van der Waals surface area (Å²) in [6.45, 7) is 1.64. The zero-order valence-corrected chi connectivity index (χ0v) is 16.4. The third-order valence-electron chi connectivity index (χ3n) is 4.87. The van der Waals surface area contributed by atoms with Crippen LogP contribution in [-0.2, 0) is 16.1 Å². The SMILES string of the molecule is O=C(O)N[C@@H](c1ccccc1)c1cccc(OCc2ccc(C3OCCO3)cc2)c1. The second-order valence-electron chi connectivity index (χ2n) is 6.97. The van der Waals surface area contributed by atoms with Crippen LogP contribution in [0.4, 0.5) is 4.79 Å². The summed E-state index contributed by atoms with van der Waals surface area (Å²) >= 11 is 0. The lowest BCUT2D eigenvalue weighted by Crippen LogP contribution is -2.27. The van der Waals surface area contributed by atoms with E-state index in [1.807, 2.05) is 78.9 Å². The molecule has 1 atom stereocenters. The standard InChI is InChI=1S/C24H23NO5/c26-24(27)25-22(18-5-2-1-3-6-18)20-7-4-8-21(15-20)30-16-17-9-11-19(12-10-17)23-28-13-14-29-23/h1-12,15,22-23,25H,13-14,16H2,(H,26,27)/t22-/m0/s1. The average molecular weight is 405 g/mol. The average Bonchev–Trinajstić information content (AvgIpc) is 3.32. The van der Waals surface area contributed by atoms with Gasteiger partial charge < -0.3 is 24.6 Å². The van der Waals surface area contributed by atoms with Gasteiger partial charge >= 0.3 is 6.09 Å². The predicted octanol–water partition coefficient (Wildman–Crippen LogP) is 4.67. The van der Waals surface area contributed by atoms with Gasteiger partial charge in [-0.1, -0.05) is 66.7 Å². The van der Waals surface area contributed by atoms with Crippen LogP contribution in [0.5, 0.6) is 5.75 Å². The molecule has 6 heteroatoms. The minimum atomic E-state index is -1.08. The summed E-state index contributed by atoms with van der Waals surface area (Å²) in [5.74, 6) is 0.673. The van der Waals surface area contributed by atoms with Gasteiger partial charge in [-0.05, 0) is 28.8 Å². The Hall–Kier alpha value is -3.35. The maximum absolute atomic E-state index is 11.3. The first kappa shape index (κ1) is 19.9. The lowest BCUT2D eigenvalue weighted by molar-refractivity contribution is -0.0441. The van der Waals surface area contributed by atoms with E-state index in [-0.39, 0.29) is 6.29 Å². The van der Waals surface area contributed by atoms with Gasteiger partial charge in [0.15, 0.2) is 6.29 Å². The molecular weight excluding hydrogens is 382 g/mol. The minimum absolute atomic E-state index is 0.284. The van der Waals surface area contributed by atoms with E-state index in [9.17, 15) is 9.90 Å². The fourth-order valence-electron chi connectivity index (χ4n) is 3.40. The molecule has 1 saturated heterocycles. The highest BCUT2D eigenvalue weighted by atomic mass is 16.7. The zero-order chi connectivity index (χ0) is 20.8. The van der Waals surface area contributed by atoms with Crippen LogP contribution in [0.3, 0.4) is 0 Å². The van der Waals surface area contributed by atoms with Crippen LogP contribution in [0.15, 0.2) is 78.9 Å². The quantitative estimate of drug-likeness (QED) is 0.597. The summed E-state index contributed by atoms with van der Waals surface area (Å²) in [5.41, 5.74) is 3.69. The topological polar surface area (TPSA) is 77.0 Å². The minimum Gasteiger partial charge on any atom is -0.489 e. The Kier molecular flexibility index (Phi) is 6.27. The highest BCUT2D eigenvalue weighted by Crippen LogP contribution is 2.26. The van der Waals surface area contributed by atoms with Crippen LogP contribution in [-0.4, -0.2) is 24.4 Å². The van der Waals surface area contributed by atoms with Crippen molar-refractivity contribution in [1.82, 2.24) is 5.32 Å². The van der Waals surface area contributed by atoms with Crippen molar-refractivity contribution in [2.45, 2.75) is 18.9 Å². The van der Waals surface area contributed by atoms with Crippen LogP contribution in [0, 0.1) is 0 Å². The molecule has 0 aromatic heterocycles. The summed E-state index contributed by atoms with van der Waals surface area (Å²) in [6, 6.07) is 24.4. The lowest BCUT2D eigenvalue weighted by atomic mass is 9.98. The number of hydrogen-bond acceptors (Lipinski definition) is 4. The third kappa shape index (κ3) is 4.97. The maximum atomic E-state index is 11.3. The number of hydrogen-bond donors (Lipinski definition) is 2. The Balaban J connectivity index is 1.45. The van der Waals surface area contributed by atoms with E-state index in [1.54, 1.807) is 0 Å². The van der Waals surface area contributed by atoms with Gasteiger partial charge in [0.1, 0.15) is 12.4 Å². The molecule has 3 aromatic carbocycles. The second kappa shape index (κ2) is 9.43. The van der Waals surface area contributed by atoms with Crippen molar-refractivity contribution in [2.24, 2.45) is 0 Å². The van der Waals surface area contributed by atoms with Crippen LogP contribution in [0.25, 0.3) is 0 Å². The Bertz CT molecular complexity index is 968. The number of carboxylic acid groups (broad SMARTS) is 1. The zero-order valence-electron chi connectivity index (χ0n) is 16.4. The monoisotopic (exact) mass is 405 g/mol. The third-order valence-corrected chi connectivity index (χ3v) is 4.87. The van der Waals surface area contributed by atoms with Crippen molar-refractivity contribution < 1.29 is 24.1 Å². The van der Waals surface area contributed by atoms with E-state index in [0.29, 0.717) is 25.6 Å². The van der Waals surface area contributed by atoms with E-state index in [2.05, 4.69) is 5.32 Å². The fourth-order valence-corrected chi connectivity index (χ4v) is 3.40. The Morgan fingerprint density at radius 1 is 0.967 bits per heavy atom. The van der Waals surface area contributed by atoms with Gasteiger partial charge in [0.05, 0.1) is 19.3 Å². The normalized spacial score (nSPS) is 14.9. The molecule has 0 saturated carbocycles. The molecule has 0 bridgehead atoms. The summed E-state index contributed by atoms with van der Waals surface area (Å²) in [7, 11) is 0. The molecule has 1 heterocycles. The molecule has 0 radical (unpaired) electrons. The first-order chi connectivity index (χ1) is 14.7. The van der Waals surface area contributed by atoms with Crippen molar-refractivity contribution in [3.8, 4) is 5.75 Å². The first-order valence-electron chi connectivity index (χ1n) is 9.78. The molecule has 154 valence electrons. The molecule has 2 N–H and O–H groups in total. The summed E-state index contributed by atoms with van der Waals surface area (Å²) in [6.07, 6.45) is -1.36. The molecule has 3 aromatic rings. The van der Waals surface area contributed by atoms with Crippen molar-refractivity contribution >= 4 is 6.09 Å². The summed E-state index contributed by atoms with van der Waals surface area (Å²) in [5, 5.41) is 11.9. The van der Waals surface area contributed by atoms with E-state index >= 15 is 0 Å². The maximum Gasteiger partial charge on any atom is 0.405 e. The van der Waals surface area contributed by atoms with Crippen molar-refractivity contribution in [3.05, 3.63) is 101 Å². The van der Waals surface area contributed by atoms with Crippen molar-refractivity contribution in [1.29, 1.82) is 0 Å². The first-order valence-corrected chi connectivity index (χ1v) is 9.78. The van der Waals surface area contributed by atoms with Gasteiger partial charge in [0.2, 0.25) is 0 Å². The predicted molar refractivity (Wildman–Crippen MR) is 111 cm³/mol. The molecular formula is C24H23NO5. The Morgan fingerprint density at radius 2 is 1.67 bits per heavy atom.